The molecule has 0 aliphatic carbocycles. The van der Waals surface area contributed by atoms with Gasteiger partial charge in [0.25, 0.3) is 0 Å². The first-order valence-electron chi connectivity index (χ1n) is 7.11. The molecule has 118 valence electrons. The molecule has 2 amide bonds. The average molecular weight is 306 g/mol. The minimum Gasteiger partial charge on any atom is -0.494 e. The minimum atomic E-state index is -0.435. The van der Waals surface area contributed by atoms with Crippen LogP contribution in [0.5, 0.6) is 5.75 Å². The van der Waals surface area contributed by atoms with E-state index in [2.05, 4.69) is 11.9 Å². The van der Waals surface area contributed by atoms with Gasteiger partial charge < -0.3 is 15.0 Å². The van der Waals surface area contributed by atoms with Crippen molar-refractivity contribution in [3.8, 4) is 5.75 Å². The summed E-state index contributed by atoms with van der Waals surface area (Å²) in [4.78, 5) is 25.6. The SMILES string of the molecule is C=CC(=O)N1CCC[C@H](C(=O)Nc2ccc(F)cc2OC)C1. The van der Waals surface area contributed by atoms with Crippen molar-refractivity contribution >= 4 is 17.5 Å². The Morgan fingerprint density at radius 3 is 2.95 bits per heavy atom. The molecule has 2 rings (SSSR count). The Morgan fingerprint density at radius 2 is 2.27 bits per heavy atom. The van der Waals surface area contributed by atoms with Crippen molar-refractivity contribution in [1.82, 2.24) is 4.90 Å². The molecule has 0 bridgehead atoms. The fourth-order valence-electron chi connectivity index (χ4n) is 2.52. The number of piperidine rings is 1. The molecule has 22 heavy (non-hydrogen) atoms. The normalized spacial score (nSPS) is 17.7. The van der Waals surface area contributed by atoms with Gasteiger partial charge in [-0.1, -0.05) is 6.58 Å². The maximum absolute atomic E-state index is 13.2. The average Bonchev–Trinajstić information content (AvgIpc) is 2.55. The highest BCUT2D eigenvalue weighted by atomic mass is 19.1. The van der Waals surface area contributed by atoms with Crippen LogP contribution in [0, 0.1) is 11.7 Å². The monoisotopic (exact) mass is 306 g/mol. The highest BCUT2D eigenvalue weighted by Crippen LogP contribution is 2.26. The first-order valence-corrected chi connectivity index (χ1v) is 7.11. The Morgan fingerprint density at radius 1 is 1.50 bits per heavy atom. The van der Waals surface area contributed by atoms with E-state index in [9.17, 15) is 14.0 Å². The van der Waals surface area contributed by atoms with Gasteiger partial charge in [-0.05, 0) is 31.1 Å². The number of ether oxygens (including phenoxy) is 1. The van der Waals surface area contributed by atoms with Gasteiger partial charge in [0, 0.05) is 19.2 Å². The van der Waals surface area contributed by atoms with E-state index in [1.54, 1.807) is 4.90 Å². The van der Waals surface area contributed by atoms with Gasteiger partial charge in [0.05, 0.1) is 18.7 Å². The number of nitrogens with zero attached hydrogens (tertiary/aromatic N) is 1. The fourth-order valence-corrected chi connectivity index (χ4v) is 2.52. The van der Waals surface area contributed by atoms with Crippen LogP contribution in [0.15, 0.2) is 30.9 Å². The molecule has 0 saturated carbocycles. The second kappa shape index (κ2) is 7.06. The number of rotatable bonds is 4. The van der Waals surface area contributed by atoms with Crippen molar-refractivity contribution in [3.05, 3.63) is 36.7 Å². The summed E-state index contributed by atoms with van der Waals surface area (Å²) in [6.07, 6.45) is 2.72. The summed E-state index contributed by atoms with van der Waals surface area (Å²) >= 11 is 0. The first-order chi connectivity index (χ1) is 10.5. The Hall–Kier alpha value is -2.37. The Balaban J connectivity index is 2.05. The minimum absolute atomic E-state index is 0.170. The van der Waals surface area contributed by atoms with Crippen LogP contribution in [0.25, 0.3) is 0 Å². The number of benzene rings is 1. The lowest BCUT2D eigenvalue weighted by molar-refractivity contribution is -0.130. The highest BCUT2D eigenvalue weighted by molar-refractivity contribution is 5.95. The van der Waals surface area contributed by atoms with Crippen molar-refractivity contribution in [3.63, 3.8) is 0 Å². The summed E-state index contributed by atoms with van der Waals surface area (Å²) < 4.78 is 18.2. The molecule has 1 heterocycles. The standard InChI is InChI=1S/C16H19FN2O3/c1-3-15(20)19-8-4-5-11(10-19)16(21)18-13-7-6-12(17)9-14(13)22-2/h3,6-7,9,11H,1,4-5,8,10H2,2H3,(H,18,21)/t11-/m0/s1. The van der Waals surface area contributed by atoms with Gasteiger partial charge in [-0.2, -0.15) is 0 Å². The molecule has 1 atom stereocenters. The summed E-state index contributed by atoms with van der Waals surface area (Å²) in [7, 11) is 1.41. The molecule has 6 heteroatoms. The molecular formula is C16H19FN2O3. The van der Waals surface area contributed by atoms with Crippen LogP contribution in [0.3, 0.4) is 0 Å². The summed E-state index contributed by atoms with van der Waals surface area (Å²) in [6, 6.07) is 3.93. The van der Waals surface area contributed by atoms with Crippen LogP contribution < -0.4 is 10.1 Å². The lowest BCUT2D eigenvalue weighted by Gasteiger charge is -2.31. The van der Waals surface area contributed by atoms with Gasteiger partial charge in [0.2, 0.25) is 11.8 Å². The van der Waals surface area contributed by atoms with Crippen LogP contribution in [0.4, 0.5) is 10.1 Å². The Labute approximate surface area is 128 Å². The number of anilines is 1. The fraction of sp³-hybridized carbons (Fsp3) is 0.375. The van der Waals surface area contributed by atoms with Gasteiger partial charge >= 0.3 is 0 Å². The predicted octanol–water partition coefficient (Wildman–Crippen LogP) is 2.20. The maximum atomic E-state index is 13.2. The van der Waals surface area contributed by atoms with E-state index in [1.807, 2.05) is 0 Å². The third-order valence-corrected chi connectivity index (χ3v) is 3.70. The number of hydrogen-bond donors (Lipinski definition) is 1. The third-order valence-electron chi connectivity index (χ3n) is 3.70. The van der Waals surface area contributed by atoms with Gasteiger partial charge in [-0.3, -0.25) is 9.59 Å². The van der Waals surface area contributed by atoms with E-state index in [-0.39, 0.29) is 23.5 Å². The second-order valence-electron chi connectivity index (χ2n) is 5.16. The van der Waals surface area contributed by atoms with Crippen molar-refractivity contribution in [1.29, 1.82) is 0 Å². The molecule has 0 unspecified atom stereocenters. The molecule has 1 N–H and O–H groups in total. The number of carbonyl (C=O) groups excluding carboxylic acids is 2. The van der Waals surface area contributed by atoms with Crippen molar-refractivity contribution in [2.75, 3.05) is 25.5 Å². The van der Waals surface area contributed by atoms with E-state index in [4.69, 9.17) is 4.74 Å². The number of carbonyl (C=O) groups is 2. The van der Waals surface area contributed by atoms with Crippen LogP contribution >= 0.6 is 0 Å². The number of halogens is 1. The Bertz CT molecular complexity index is 589. The summed E-state index contributed by atoms with van der Waals surface area (Å²) in [6.45, 7) is 4.46. The smallest absolute Gasteiger partial charge is 0.245 e. The lowest BCUT2D eigenvalue weighted by atomic mass is 9.97. The second-order valence-corrected chi connectivity index (χ2v) is 5.16. The van der Waals surface area contributed by atoms with Gasteiger partial charge in [-0.15, -0.1) is 0 Å². The van der Waals surface area contributed by atoms with Gasteiger partial charge in [-0.25, -0.2) is 4.39 Å². The summed E-state index contributed by atoms with van der Waals surface area (Å²) in [5.41, 5.74) is 0.418. The molecule has 0 aromatic heterocycles. The van der Waals surface area contributed by atoms with Crippen LogP contribution in [0.2, 0.25) is 0 Å². The molecule has 1 aliphatic heterocycles. The largest absolute Gasteiger partial charge is 0.494 e. The number of amides is 2. The number of hydrogen-bond acceptors (Lipinski definition) is 3. The molecule has 1 fully saturated rings. The number of methoxy groups -OCH3 is 1. The van der Waals surface area contributed by atoms with E-state index >= 15 is 0 Å². The van der Waals surface area contributed by atoms with Gasteiger partial charge in [0.1, 0.15) is 11.6 Å². The van der Waals surface area contributed by atoms with E-state index < -0.39 is 5.82 Å². The molecule has 0 spiro atoms. The molecular weight excluding hydrogens is 287 g/mol. The van der Waals surface area contributed by atoms with Crippen LogP contribution in [-0.2, 0) is 9.59 Å². The lowest BCUT2D eigenvalue weighted by Crippen LogP contribution is -2.43. The van der Waals surface area contributed by atoms with E-state index in [0.717, 1.165) is 6.42 Å². The Kier molecular flexibility index (Phi) is 5.14. The zero-order valence-corrected chi connectivity index (χ0v) is 12.5. The van der Waals surface area contributed by atoms with Crippen molar-refractivity contribution in [2.45, 2.75) is 12.8 Å². The molecule has 1 aromatic rings. The van der Waals surface area contributed by atoms with Crippen LogP contribution in [-0.4, -0.2) is 36.9 Å². The summed E-state index contributed by atoms with van der Waals surface area (Å²) in [5, 5.41) is 2.74. The van der Waals surface area contributed by atoms with E-state index in [1.165, 1.54) is 31.4 Å². The molecule has 1 aromatic carbocycles. The molecule has 1 saturated heterocycles. The molecule has 5 nitrogen and oxygen atoms in total. The quantitative estimate of drug-likeness (QED) is 0.868. The van der Waals surface area contributed by atoms with Crippen molar-refractivity contribution in [2.24, 2.45) is 5.92 Å². The zero-order chi connectivity index (χ0) is 16.1. The molecule has 1 aliphatic rings. The first kappa shape index (κ1) is 16.0. The van der Waals surface area contributed by atoms with Crippen molar-refractivity contribution < 1.29 is 18.7 Å². The third kappa shape index (κ3) is 3.63. The predicted molar refractivity (Wildman–Crippen MR) is 81.1 cm³/mol. The topological polar surface area (TPSA) is 58.6 Å². The van der Waals surface area contributed by atoms with Gasteiger partial charge in [0.15, 0.2) is 0 Å². The zero-order valence-electron chi connectivity index (χ0n) is 12.5. The maximum Gasteiger partial charge on any atom is 0.245 e. The van der Waals surface area contributed by atoms with Crippen LogP contribution in [0.1, 0.15) is 12.8 Å². The highest BCUT2D eigenvalue weighted by Gasteiger charge is 2.28. The molecule has 0 radical (unpaired) electrons. The number of nitrogens with one attached hydrogen (secondary N) is 1. The summed E-state index contributed by atoms with van der Waals surface area (Å²) in [5.74, 6) is -0.839. The van der Waals surface area contributed by atoms with E-state index in [0.29, 0.717) is 25.2 Å². The number of likely N-dealkylation sites (tertiary alicyclic amines) is 1.